The lowest BCUT2D eigenvalue weighted by Crippen LogP contribution is -2.10. The molecule has 0 aliphatic rings. The van der Waals surface area contributed by atoms with Crippen molar-refractivity contribution < 1.29 is 4.74 Å². The van der Waals surface area contributed by atoms with Crippen molar-refractivity contribution in [1.82, 2.24) is 19.7 Å². The van der Waals surface area contributed by atoms with Gasteiger partial charge in [0.05, 0.1) is 6.10 Å². The van der Waals surface area contributed by atoms with Crippen molar-refractivity contribution in [3.05, 3.63) is 30.9 Å². The van der Waals surface area contributed by atoms with Crippen molar-refractivity contribution in [2.75, 3.05) is 11.9 Å². The first-order valence-corrected chi connectivity index (χ1v) is 6.44. The summed E-state index contributed by atoms with van der Waals surface area (Å²) in [7, 11) is 0. The van der Waals surface area contributed by atoms with Gasteiger partial charge in [-0.25, -0.2) is 9.97 Å². The predicted molar refractivity (Wildman–Crippen MR) is 73.1 cm³/mol. The van der Waals surface area contributed by atoms with Crippen LogP contribution in [0.5, 0.6) is 5.88 Å². The molecule has 0 fully saturated rings. The maximum absolute atomic E-state index is 5.51. The summed E-state index contributed by atoms with van der Waals surface area (Å²) in [5.41, 5.74) is 0. The van der Waals surface area contributed by atoms with Crippen LogP contribution in [0.1, 0.15) is 20.3 Å². The van der Waals surface area contributed by atoms with Crippen molar-refractivity contribution in [2.45, 2.75) is 32.9 Å². The van der Waals surface area contributed by atoms with E-state index in [9.17, 15) is 0 Å². The Bertz CT molecular complexity index is 484. The predicted octanol–water partition coefficient (Wildman–Crippen LogP) is 1.96. The molecule has 0 amide bonds. The van der Waals surface area contributed by atoms with Gasteiger partial charge in [0.1, 0.15) is 12.1 Å². The quantitative estimate of drug-likeness (QED) is 0.772. The highest BCUT2D eigenvalue weighted by molar-refractivity contribution is 5.36. The molecule has 0 radical (unpaired) electrons. The lowest BCUT2D eigenvalue weighted by molar-refractivity contribution is 0.232. The van der Waals surface area contributed by atoms with Gasteiger partial charge >= 0.3 is 0 Å². The van der Waals surface area contributed by atoms with E-state index in [-0.39, 0.29) is 6.10 Å². The molecule has 2 aromatic rings. The Labute approximate surface area is 112 Å². The first kappa shape index (κ1) is 13.3. The van der Waals surface area contributed by atoms with Crippen LogP contribution in [-0.2, 0) is 6.54 Å². The van der Waals surface area contributed by atoms with Crippen LogP contribution in [0, 0.1) is 0 Å². The zero-order valence-corrected chi connectivity index (χ0v) is 11.3. The van der Waals surface area contributed by atoms with Crippen molar-refractivity contribution in [1.29, 1.82) is 0 Å². The van der Waals surface area contributed by atoms with E-state index in [0.29, 0.717) is 5.88 Å². The maximum Gasteiger partial charge on any atom is 0.218 e. The van der Waals surface area contributed by atoms with Gasteiger partial charge in [-0.2, -0.15) is 5.10 Å². The highest BCUT2D eigenvalue weighted by Gasteiger charge is 2.01. The topological polar surface area (TPSA) is 64.9 Å². The first-order valence-electron chi connectivity index (χ1n) is 6.44. The van der Waals surface area contributed by atoms with Gasteiger partial charge in [-0.1, -0.05) is 0 Å². The number of ether oxygens (including phenoxy) is 1. The molecule has 0 aliphatic carbocycles. The standard InChI is InChI=1S/C13H19N5O/c1-11(2)19-13-9-12(15-10-16-13)14-5-3-7-18-8-4-6-17-18/h4,6,8-11H,3,5,7H2,1-2H3,(H,14,15,16). The lowest BCUT2D eigenvalue weighted by Gasteiger charge is -2.10. The van der Waals surface area contributed by atoms with E-state index in [1.165, 1.54) is 6.33 Å². The lowest BCUT2D eigenvalue weighted by atomic mass is 10.4. The van der Waals surface area contributed by atoms with E-state index in [2.05, 4.69) is 20.4 Å². The molecule has 6 heteroatoms. The Kier molecular flexibility index (Phi) is 4.72. The van der Waals surface area contributed by atoms with E-state index in [1.54, 1.807) is 6.20 Å². The van der Waals surface area contributed by atoms with Crippen molar-refractivity contribution in [2.24, 2.45) is 0 Å². The SMILES string of the molecule is CC(C)Oc1cc(NCCCn2cccn2)ncn1. The third-order valence-electron chi connectivity index (χ3n) is 2.43. The van der Waals surface area contributed by atoms with Crippen LogP contribution < -0.4 is 10.1 Å². The van der Waals surface area contributed by atoms with Crippen molar-refractivity contribution in [3.63, 3.8) is 0 Å². The van der Waals surface area contributed by atoms with Gasteiger partial charge in [0, 0.05) is 31.5 Å². The average Bonchev–Trinajstić information content (AvgIpc) is 2.87. The molecule has 0 saturated heterocycles. The average molecular weight is 261 g/mol. The van der Waals surface area contributed by atoms with E-state index in [4.69, 9.17) is 4.74 Å². The van der Waals surface area contributed by atoms with Gasteiger partial charge in [-0.15, -0.1) is 0 Å². The molecule has 102 valence electrons. The summed E-state index contributed by atoms with van der Waals surface area (Å²) in [5.74, 6) is 1.38. The Morgan fingerprint density at radius 3 is 3.00 bits per heavy atom. The smallest absolute Gasteiger partial charge is 0.218 e. The Morgan fingerprint density at radius 1 is 1.37 bits per heavy atom. The van der Waals surface area contributed by atoms with Crippen LogP contribution in [0.25, 0.3) is 0 Å². The summed E-state index contributed by atoms with van der Waals surface area (Å²) in [4.78, 5) is 8.22. The summed E-state index contributed by atoms with van der Waals surface area (Å²) in [5, 5.41) is 7.40. The molecule has 0 saturated carbocycles. The zero-order chi connectivity index (χ0) is 13.5. The highest BCUT2D eigenvalue weighted by atomic mass is 16.5. The molecule has 2 rings (SSSR count). The largest absolute Gasteiger partial charge is 0.475 e. The maximum atomic E-state index is 5.51. The van der Waals surface area contributed by atoms with E-state index < -0.39 is 0 Å². The van der Waals surface area contributed by atoms with Gasteiger partial charge in [-0.05, 0) is 26.3 Å². The van der Waals surface area contributed by atoms with E-state index in [0.717, 1.165) is 25.3 Å². The van der Waals surface area contributed by atoms with Gasteiger partial charge in [0.25, 0.3) is 0 Å². The summed E-state index contributed by atoms with van der Waals surface area (Å²) in [6, 6.07) is 3.74. The number of aromatic nitrogens is 4. The summed E-state index contributed by atoms with van der Waals surface area (Å²) in [6.45, 7) is 5.66. The number of anilines is 1. The third-order valence-corrected chi connectivity index (χ3v) is 2.43. The molecule has 0 aliphatic heterocycles. The number of aryl methyl sites for hydroxylation is 1. The van der Waals surface area contributed by atoms with Crippen LogP contribution in [0.4, 0.5) is 5.82 Å². The first-order chi connectivity index (χ1) is 9.24. The molecule has 0 aromatic carbocycles. The minimum atomic E-state index is 0.113. The fourth-order valence-electron chi connectivity index (χ4n) is 1.63. The van der Waals surface area contributed by atoms with Crippen molar-refractivity contribution in [3.8, 4) is 5.88 Å². The zero-order valence-electron chi connectivity index (χ0n) is 11.3. The molecule has 2 aromatic heterocycles. The molecule has 0 bridgehead atoms. The Hall–Kier alpha value is -2.11. The number of rotatable bonds is 7. The molecule has 6 nitrogen and oxygen atoms in total. The molecule has 2 heterocycles. The summed E-state index contributed by atoms with van der Waals surface area (Å²) < 4.78 is 7.43. The minimum Gasteiger partial charge on any atom is -0.475 e. The fourth-order valence-corrected chi connectivity index (χ4v) is 1.63. The Balaban J connectivity index is 1.76. The van der Waals surface area contributed by atoms with Gasteiger partial charge in [0.2, 0.25) is 5.88 Å². The fraction of sp³-hybridized carbons (Fsp3) is 0.462. The minimum absolute atomic E-state index is 0.113. The summed E-state index contributed by atoms with van der Waals surface area (Å²) in [6.07, 6.45) is 6.34. The normalized spacial score (nSPS) is 10.7. The second-order valence-electron chi connectivity index (χ2n) is 4.46. The molecule has 0 spiro atoms. The van der Waals surface area contributed by atoms with Crippen molar-refractivity contribution >= 4 is 5.82 Å². The number of nitrogens with zero attached hydrogens (tertiary/aromatic N) is 4. The second kappa shape index (κ2) is 6.72. The highest BCUT2D eigenvalue weighted by Crippen LogP contribution is 2.12. The second-order valence-corrected chi connectivity index (χ2v) is 4.46. The molecule has 0 unspecified atom stereocenters. The molecular formula is C13H19N5O. The number of hydrogen-bond donors (Lipinski definition) is 1. The van der Waals surface area contributed by atoms with E-state index in [1.807, 2.05) is 36.9 Å². The molecule has 1 N–H and O–H groups in total. The van der Waals surface area contributed by atoms with Gasteiger partial charge in [0.15, 0.2) is 0 Å². The van der Waals surface area contributed by atoms with Crippen LogP contribution in [-0.4, -0.2) is 32.4 Å². The van der Waals surface area contributed by atoms with Crippen LogP contribution in [0.3, 0.4) is 0 Å². The summed E-state index contributed by atoms with van der Waals surface area (Å²) >= 11 is 0. The van der Waals surface area contributed by atoms with Crippen LogP contribution in [0.2, 0.25) is 0 Å². The van der Waals surface area contributed by atoms with Crippen LogP contribution in [0.15, 0.2) is 30.9 Å². The molecule has 19 heavy (non-hydrogen) atoms. The molecule has 0 atom stereocenters. The Morgan fingerprint density at radius 2 is 2.26 bits per heavy atom. The monoisotopic (exact) mass is 261 g/mol. The third kappa shape index (κ3) is 4.57. The van der Waals surface area contributed by atoms with Crippen LogP contribution >= 0.6 is 0 Å². The molecular weight excluding hydrogens is 242 g/mol. The van der Waals surface area contributed by atoms with E-state index >= 15 is 0 Å². The van der Waals surface area contributed by atoms with Gasteiger partial charge in [-0.3, -0.25) is 4.68 Å². The number of nitrogens with one attached hydrogen (secondary N) is 1. The van der Waals surface area contributed by atoms with Gasteiger partial charge < -0.3 is 10.1 Å². The number of hydrogen-bond acceptors (Lipinski definition) is 5.